The molecule has 6 rings (SSSR count). The van der Waals surface area contributed by atoms with Crippen LogP contribution in [0.4, 0.5) is 0 Å². The van der Waals surface area contributed by atoms with E-state index in [0.29, 0.717) is 19.8 Å². The summed E-state index contributed by atoms with van der Waals surface area (Å²) in [6.07, 6.45) is 15.5. The van der Waals surface area contributed by atoms with E-state index in [4.69, 9.17) is 24.9 Å². The second-order valence-electron chi connectivity index (χ2n) is 9.18. The van der Waals surface area contributed by atoms with Gasteiger partial charge in [0.05, 0.1) is 18.6 Å². The third-order valence-electron chi connectivity index (χ3n) is 7.67. The molecule has 0 radical (unpaired) electrons. The highest BCUT2D eigenvalue weighted by Gasteiger charge is 2.75. The maximum absolute atomic E-state index is 6.75. The highest BCUT2D eigenvalue weighted by atomic mass is 16.5. The number of allylic oxidation sites excluding steroid dienone is 8. The highest BCUT2D eigenvalue weighted by molar-refractivity contribution is 5.80. The van der Waals surface area contributed by atoms with Gasteiger partial charge >= 0.3 is 0 Å². The van der Waals surface area contributed by atoms with Crippen molar-refractivity contribution in [2.75, 3.05) is 19.8 Å². The Morgan fingerprint density at radius 2 is 1.97 bits per heavy atom. The van der Waals surface area contributed by atoms with Gasteiger partial charge < -0.3 is 19.9 Å². The van der Waals surface area contributed by atoms with Crippen LogP contribution in [0.15, 0.2) is 65.2 Å². The van der Waals surface area contributed by atoms with E-state index in [1.807, 2.05) is 31.2 Å². The molecule has 5 nitrogen and oxygen atoms in total. The molecule has 3 aliphatic heterocycles. The Morgan fingerprint density at radius 1 is 1.09 bits per heavy atom. The van der Waals surface area contributed by atoms with Crippen molar-refractivity contribution >= 4 is 11.6 Å². The summed E-state index contributed by atoms with van der Waals surface area (Å²) in [6.45, 7) is 3.51. The van der Waals surface area contributed by atoms with Crippen LogP contribution in [0.2, 0.25) is 0 Å². The molecule has 1 aromatic carbocycles. The molecule has 0 aromatic heterocycles. The summed E-state index contributed by atoms with van der Waals surface area (Å²) in [7, 11) is 0. The maximum Gasteiger partial charge on any atom is 0.283 e. The second kappa shape index (κ2) is 6.88. The van der Waals surface area contributed by atoms with Gasteiger partial charge in [-0.1, -0.05) is 36.3 Å². The van der Waals surface area contributed by atoms with E-state index in [9.17, 15) is 0 Å². The minimum Gasteiger partial charge on any atom is -0.486 e. The fraction of sp³-hybridized carbons (Fsp3) is 0.370. The number of fused-ring (bicyclic) bond motifs is 4. The summed E-state index contributed by atoms with van der Waals surface area (Å²) >= 11 is 0. The predicted octanol–water partition coefficient (Wildman–Crippen LogP) is 4.02. The highest BCUT2D eigenvalue weighted by Crippen LogP contribution is 2.67. The first-order valence-electron chi connectivity index (χ1n) is 11.2. The first kappa shape index (κ1) is 19.5. The minimum atomic E-state index is -0.590. The van der Waals surface area contributed by atoms with Gasteiger partial charge in [0.15, 0.2) is 0 Å². The van der Waals surface area contributed by atoms with E-state index < -0.39 is 5.54 Å². The Labute approximate surface area is 188 Å². The molecule has 1 saturated carbocycles. The Morgan fingerprint density at radius 3 is 2.62 bits per heavy atom. The molecule has 5 heteroatoms. The molecule has 2 fully saturated rings. The van der Waals surface area contributed by atoms with E-state index >= 15 is 0 Å². The van der Waals surface area contributed by atoms with Crippen LogP contribution in [0.5, 0.6) is 5.75 Å². The third kappa shape index (κ3) is 2.47. The van der Waals surface area contributed by atoms with E-state index in [1.54, 1.807) is 0 Å². The first-order chi connectivity index (χ1) is 15.6. The van der Waals surface area contributed by atoms with Crippen molar-refractivity contribution in [1.29, 1.82) is 0 Å². The molecule has 32 heavy (non-hydrogen) atoms. The number of aliphatic imine (C=N–C) groups is 1. The summed E-state index contributed by atoms with van der Waals surface area (Å²) in [5.74, 6) is 7.05. The van der Waals surface area contributed by atoms with E-state index in [-0.39, 0.29) is 17.0 Å². The van der Waals surface area contributed by atoms with Crippen LogP contribution in [-0.2, 0) is 15.0 Å². The smallest absolute Gasteiger partial charge is 0.283 e. The first-order valence-corrected chi connectivity index (χ1v) is 11.2. The van der Waals surface area contributed by atoms with Crippen LogP contribution in [0, 0.1) is 17.3 Å². The number of hydrogen-bond donors (Lipinski definition) is 1. The molecule has 5 aliphatic rings. The van der Waals surface area contributed by atoms with Gasteiger partial charge in [-0.2, -0.15) is 0 Å². The molecule has 0 bridgehead atoms. The van der Waals surface area contributed by atoms with Gasteiger partial charge in [0.1, 0.15) is 23.5 Å². The lowest BCUT2D eigenvalue weighted by atomic mass is 9.49. The number of amidine groups is 1. The molecule has 2 aliphatic carbocycles. The number of hydrogen-bond acceptors (Lipinski definition) is 5. The average molecular weight is 427 g/mol. The molecular formula is C27H26N2O3. The topological polar surface area (TPSA) is 66.1 Å². The van der Waals surface area contributed by atoms with E-state index in [0.717, 1.165) is 47.3 Å². The maximum atomic E-state index is 6.75. The lowest BCUT2D eigenvalue weighted by Crippen LogP contribution is -2.75. The Hall–Kier alpha value is -3.23. The monoisotopic (exact) mass is 426 g/mol. The zero-order valence-corrected chi connectivity index (χ0v) is 18.2. The Kier molecular flexibility index (Phi) is 4.18. The largest absolute Gasteiger partial charge is 0.486 e. The summed E-state index contributed by atoms with van der Waals surface area (Å²) in [6, 6.07) is 6.66. The quantitative estimate of drug-likeness (QED) is 0.689. The number of nitrogens with two attached hydrogens (primary N) is 1. The van der Waals surface area contributed by atoms with Crippen molar-refractivity contribution in [3.63, 3.8) is 0 Å². The van der Waals surface area contributed by atoms with Gasteiger partial charge in [0, 0.05) is 11.1 Å². The van der Waals surface area contributed by atoms with Gasteiger partial charge in [-0.25, -0.2) is 4.99 Å². The summed E-state index contributed by atoms with van der Waals surface area (Å²) in [5, 5.41) is 0. The van der Waals surface area contributed by atoms with Crippen LogP contribution < -0.4 is 10.5 Å². The number of rotatable bonds is 1. The standard InChI is InChI=1S/C27H26N2O3/c1-2-7-19-8-4-3-5-9-20(14-19)21-10-11-23-22(15-21)27(18-31-24(28)29-27)25(16-30-17-25)26(32-23)12-6-13-26/h3-5,8-11,14-15H,6,12-13,16-18H2,1H3,(H2,28,29)/b4-3?,5-3+,8-4?,9-5?,19-8?,19-14?,20-9+,20-14?. The van der Waals surface area contributed by atoms with Crippen molar-refractivity contribution in [1.82, 2.24) is 0 Å². The van der Waals surface area contributed by atoms with Gasteiger partial charge in [-0.15, -0.1) is 5.92 Å². The van der Waals surface area contributed by atoms with Crippen LogP contribution in [0.1, 0.15) is 37.3 Å². The zero-order chi connectivity index (χ0) is 21.8. The third-order valence-corrected chi connectivity index (χ3v) is 7.67. The summed E-state index contributed by atoms with van der Waals surface area (Å²) in [5.41, 5.74) is 9.19. The lowest BCUT2D eigenvalue weighted by molar-refractivity contribution is -0.281. The van der Waals surface area contributed by atoms with Crippen molar-refractivity contribution in [3.05, 3.63) is 71.4 Å². The Balaban J connectivity index is 1.52. The number of benzene rings is 1. The van der Waals surface area contributed by atoms with Gasteiger partial charge in [0.25, 0.3) is 6.02 Å². The predicted molar refractivity (Wildman–Crippen MR) is 124 cm³/mol. The fourth-order valence-electron chi connectivity index (χ4n) is 5.81. The minimum absolute atomic E-state index is 0.252. The van der Waals surface area contributed by atoms with E-state index in [1.165, 1.54) is 0 Å². The van der Waals surface area contributed by atoms with Gasteiger partial charge in [-0.3, -0.25) is 0 Å². The zero-order valence-electron chi connectivity index (χ0n) is 18.2. The average Bonchev–Trinajstić information content (AvgIpc) is 3.09. The van der Waals surface area contributed by atoms with Crippen LogP contribution in [0.25, 0.3) is 5.57 Å². The molecule has 162 valence electrons. The summed E-state index contributed by atoms with van der Waals surface area (Å²) in [4.78, 5) is 4.97. The number of ether oxygens (including phenoxy) is 3. The molecule has 3 spiro atoms. The van der Waals surface area contributed by atoms with E-state index in [2.05, 4.69) is 42.2 Å². The van der Waals surface area contributed by atoms with Crippen LogP contribution in [-0.4, -0.2) is 31.4 Å². The van der Waals surface area contributed by atoms with Gasteiger partial charge in [-0.05, 0) is 61.6 Å². The molecule has 1 atom stereocenters. The molecule has 1 aromatic rings. The van der Waals surface area contributed by atoms with Crippen molar-refractivity contribution in [3.8, 4) is 17.6 Å². The van der Waals surface area contributed by atoms with Crippen LogP contribution >= 0.6 is 0 Å². The second-order valence-corrected chi connectivity index (χ2v) is 9.18. The van der Waals surface area contributed by atoms with Gasteiger partial charge in [0.2, 0.25) is 0 Å². The van der Waals surface area contributed by atoms with Crippen molar-refractivity contribution in [2.45, 2.75) is 37.3 Å². The lowest BCUT2D eigenvalue weighted by Gasteiger charge is -2.66. The molecule has 1 saturated heterocycles. The molecule has 0 amide bonds. The molecule has 3 heterocycles. The van der Waals surface area contributed by atoms with Crippen molar-refractivity contribution < 1.29 is 14.2 Å². The Bertz CT molecular complexity index is 1200. The van der Waals surface area contributed by atoms with Crippen LogP contribution in [0.3, 0.4) is 0 Å². The molecule has 2 N–H and O–H groups in total. The SMILES string of the molecule is CC#CC1=C/C(c2ccc3c(c2)C2(COC(N)=N2)C2(COC2)C2(CCC2)O3)=C\C=C\C=C1. The summed E-state index contributed by atoms with van der Waals surface area (Å²) < 4.78 is 18.4. The fourth-order valence-corrected chi connectivity index (χ4v) is 5.81. The van der Waals surface area contributed by atoms with Crippen molar-refractivity contribution in [2.24, 2.45) is 16.1 Å². The number of nitrogens with zero attached hydrogens (tertiary/aromatic N) is 1. The molecule has 1 unspecified atom stereocenters. The molecular weight excluding hydrogens is 400 g/mol. The normalized spacial score (nSPS) is 30.6.